The average molecular weight is 312 g/mol. The van der Waals surface area contributed by atoms with Crippen molar-refractivity contribution in [3.63, 3.8) is 0 Å². The van der Waals surface area contributed by atoms with E-state index >= 15 is 0 Å². The molecule has 0 atom stereocenters. The minimum atomic E-state index is -3.62. The number of sulfonamides is 1. The number of rotatable bonds is 4. The summed E-state index contributed by atoms with van der Waals surface area (Å²) in [6.07, 6.45) is 0. The third-order valence-corrected chi connectivity index (χ3v) is 4.38. The highest BCUT2D eigenvalue weighted by Crippen LogP contribution is 2.28. The summed E-state index contributed by atoms with van der Waals surface area (Å²) in [5.74, 6) is 0.491. The van der Waals surface area contributed by atoms with Crippen LogP contribution < -0.4 is 9.46 Å². The van der Waals surface area contributed by atoms with Crippen molar-refractivity contribution in [1.82, 2.24) is 0 Å². The first kappa shape index (κ1) is 14.7. The molecule has 1 N–H and O–H groups in total. The normalized spacial score (nSPS) is 11.2. The SMILES string of the molecule is COc1ccc(NS(=O)(=O)c2cccc(C)c2)cc1Cl. The number of ether oxygens (including phenoxy) is 1. The van der Waals surface area contributed by atoms with Gasteiger partial charge < -0.3 is 4.74 Å². The molecule has 0 aliphatic carbocycles. The minimum Gasteiger partial charge on any atom is -0.495 e. The zero-order valence-electron chi connectivity index (χ0n) is 11.1. The molecule has 0 saturated heterocycles. The van der Waals surface area contributed by atoms with Gasteiger partial charge >= 0.3 is 0 Å². The smallest absolute Gasteiger partial charge is 0.261 e. The zero-order valence-corrected chi connectivity index (χ0v) is 12.6. The summed E-state index contributed by atoms with van der Waals surface area (Å²) in [5, 5.41) is 0.344. The summed E-state index contributed by atoms with van der Waals surface area (Å²) >= 11 is 5.97. The van der Waals surface area contributed by atoms with E-state index < -0.39 is 10.0 Å². The van der Waals surface area contributed by atoms with Crippen molar-refractivity contribution in [2.24, 2.45) is 0 Å². The van der Waals surface area contributed by atoms with Crippen LogP contribution in [-0.4, -0.2) is 15.5 Å². The van der Waals surface area contributed by atoms with Crippen molar-refractivity contribution in [2.45, 2.75) is 11.8 Å². The monoisotopic (exact) mass is 311 g/mol. The van der Waals surface area contributed by atoms with E-state index in [0.29, 0.717) is 16.5 Å². The summed E-state index contributed by atoms with van der Waals surface area (Å²) < 4.78 is 32.0. The molecule has 0 amide bonds. The molecule has 2 rings (SSSR count). The second kappa shape index (κ2) is 5.73. The third-order valence-electron chi connectivity index (χ3n) is 2.70. The molecular formula is C14H14ClNO3S. The van der Waals surface area contributed by atoms with Gasteiger partial charge in [0.05, 0.1) is 22.7 Å². The van der Waals surface area contributed by atoms with E-state index in [1.807, 2.05) is 13.0 Å². The molecule has 0 aliphatic heterocycles. The Labute approximate surface area is 123 Å². The maximum absolute atomic E-state index is 12.2. The van der Waals surface area contributed by atoms with E-state index in [1.165, 1.54) is 13.2 Å². The predicted molar refractivity (Wildman–Crippen MR) is 80.0 cm³/mol. The third kappa shape index (κ3) is 3.23. The second-order valence-corrected chi connectivity index (χ2v) is 6.36. The summed E-state index contributed by atoms with van der Waals surface area (Å²) in [4.78, 5) is 0.212. The van der Waals surface area contributed by atoms with Gasteiger partial charge in [0.15, 0.2) is 0 Å². The number of anilines is 1. The maximum Gasteiger partial charge on any atom is 0.261 e. The molecule has 0 aliphatic rings. The highest BCUT2D eigenvalue weighted by atomic mass is 35.5. The highest BCUT2D eigenvalue weighted by molar-refractivity contribution is 7.92. The molecule has 106 valence electrons. The standard InChI is InChI=1S/C14H14ClNO3S/c1-10-4-3-5-12(8-10)20(17,18)16-11-6-7-14(19-2)13(15)9-11/h3-9,16H,1-2H3. The van der Waals surface area contributed by atoms with Crippen LogP contribution in [0.2, 0.25) is 5.02 Å². The Morgan fingerprint density at radius 2 is 1.90 bits per heavy atom. The lowest BCUT2D eigenvalue weighted by molar-refractivity contribution is 0.415. The van der Waals surface area contributed by atoms with Gasteiger partial charge in [0.1, 0.15) is 5.75 Å². The van der Waals surface area contributed by atoms with Gasteiger partial charge in [-0.25, -0.2) is 8.42 Å². The van der Waals surface area contributed by atoms with Crippen molar-refractivity contribution >= 4 is 27.3 Å². The summed E-state index contributed by atoms with van der Waals surface area (Å²) in [6.45, 7) is 1.84. The van der Waals surface area contributed by atoms with Crippen LogP contribution in [0.1, 0.15) is 5.56 Å². The Balaban J connectivity index is 2.31. The fourth-order valence-electron chi connectivity index (χ4n) is 1.73. The van der Waals surface area contributed by atoms with Gasteiger partial charge in [0.2, 0.25) is 0 Å². The molecule has 0 fully saturated rings. The van der Waals surface area contributed by atoms with E-state index in [0.717, 1.165) is 5.56 Å². The number of hydrogen-bond donors (Lipinski definition) is 1. The van der Waals surface area contributed by atoms with Crippen LogP contribution in [0.25, 0.3) is 0 Å². The van der Waals surface area contributed by atoms with Gasteiger partial charge in [-0.1, -0.05) is 23.7 Å². The first-order chi connectivity index (χ1) is 9.42. The van der Waals surface area contributed by atoms with Gasteiger partial charge in [0, 0.05) is 0 Å². The molecule has 0 spiro atoms. The molecule has 0 bridgehead atoms. The largest absolute Gasteiger partial charge is 0.495 e. The zero-order chi connectivity index (χ0) is 14.8. The molecule has 0 unspecified atom stereocenters. The Kier molecular flexibility index (Phi) is 4.20. The molecule has 0 saturated carbocycles. The number of hydrogen-bond acceptors (Lipinski definition) is 3. The van der Waals surface area contributed by atoms with Gasteiger partial charge in [-0.15, -0.1) is 0 Å². The maximum atomic E-state index is 12.2. The first-order valence-electron chi connectivity index (χ1n) is 5.85. The minimum absolute atomic E-state index is 0.212. The van der Waals surface area contributed by atoms with Crippen LogP contribution in [0.4, 0.5) is 5.69 Å². The molecule has 0 aromatic heterocycles. The van der Waals surface area contributed by atoms with Gasteiger partial charge in [-0.2, -0.15) is 0 Å². The molecule has 4 nitrogen and oxygen atoms in total. The van der Waals surface area contributed by atoms with E-state index in [-0.39, 0.29) is 4.90 Å². The fraction of sp³-hybridized carbons (Fsp3) is 0.143. The molecule has 6 heteroatoms. The van der Waals surface area contributed by atoms with Crippen LogP contribution in [0, 0.1) is 6.92 Å². The lowest BCUT2D eigenvalue weighted by atomic mass is 10.2. The molecule has 0 heterocycles. The average Bonchev–Trinajstić information content (AvgIpc) is 2.38. The Morgan fingerprint density at radius 3 is 2.50 bits per heavy atom. The van der Waals surface area contributed by atoms with Crippen LogP contribution in [0.15, 0.2) is 47.4 Å². The van der Waals surface area contributed by atoms with Crippen molar-refractivity contribution in [2.75, 3.05) is 11.8 Å². The van der Waals surface area contributed by atoms with Gasteiger partial charge in [-0.05, 0) is 42.8 Å². The summed E-state index contributed by atoms with van der Waals surface area (Å²) in [5.41, 5.74) is 1.26. The Hall–Kier alpha value is -1.72. The second-order valence-electron chi connectivity index (χ2n) is 4.27. The predicted octanol–water partition coefficient (Wildman–Crippen LogP) is 3.46. The van der Waals surface area contributed by atoms with Crippen molar-refractivity contribution in [1.29, 1.82) is 0 Å². The highest BCUT2D eigenvalue weighted by Gasteiger charge is 2.14. The van der Waals surface area contributed by atoms with Crippen LogP contribution in [0.5, 0.6) is 5.75 Å². The number of nitrogens with one attached hydrogen (secondary N) is 1. The molecule has 2 aromatic carbocycles. The molecular weight excluding hydrogens is 298 g/mol. The Bertz CT molecular complexity index is 729. The van der Waals surface area contributed by atoms with Crippen LogP contribution in [-0.2, 0) is 10.0 Å². The van der Waals surface area contributed by atoms with Crippen LogP contribution >= 0.6 is 11.6 Å². The Morgan fingerprint density at radius 1 is 1.15 bits per heavy atom. The molecule has 20 heavy (non-hydrogen) atoms. The molecule has 2 aromatic rings. The quantitative estimate of drug-likeness (QED) is 0.940. The van der Waals surface area contributed by atoms with Gasteiger partial charge in [-0.3, -0.25) is 4.72 Å². The first-order valence-corrected chi connectivity index (χ1v) is 7.71. The summed E-state index contributed by atoms with van der Waals surface area (Å²) in [7, 11) is -2.12. The van der Waals surface area contributed by atoms with E-state index in [9.17, 15) is 8.42 Å². The van der Waals surface area contributed by atoms with Crippen molar-refractivity contribution in [3.05, 3.63) is 53.1 Å². The van der Waals surface area contributed by atoms with E-state index in [1.54, 1.807) is 30.3 Å². The van der Waals surface area contributed by atoms with E-state index in [2.05, 4.69) is 4.72 Å². The van der Waals surface area contributed by atoms with E-state index in [4.69, 9.17) is 16.3 Å². The fourth-order valence-corrected chi connectivity index (χ4v) is 3.14. The lowest BCUT2D eigenvalue weighted by Gasteiger charge is -2.10. The van der Waals surface area contributed by atoms with Crippen LogP contribution in [0.3, 0.4) is 0 Å². The number of benzene rings is 2. The van der Waals surface area contributed by atoms with Crippen molar-refractivity contribution < 1.29 is 13.2 Å². The number of halogens is 1. The number of aryl methyl sites for hydroxylation is 1. The summed E-state index contributed by atoms with van der Waals surface area (Å²) in [6, 6.07) is 11.4. The van der Waals surface area contributed by atoms with Crippen molar-refractivity contribution in [3.8, 4) is 5.75 Å². The van der Waals surface area contributed by atoms with Gasteiger partial charge in [0.25, 0.3) is 10.0 Å². The lowest BCUT2D eigenvalue weighted by Crippen LogP contribution is -2.13. The number of methoxy groups -OCH3 is 1. The topological polar surface area (TPSA) is 55.4 Å². The molecule has 0 radical (unpaired) electrons.